The van der Waals surface area contributed by atoms with Crippen LogP contribution in [0.5, 0.6) is 0 Å². The summed E-state index contributed by atoms with van der Waals surface area (Å²) in [7, 11) is 7.55. The number of amides is 2. The lowest BCUT2D eigenvalue weighted by molar-refractivity contribution is 0.0587. The van der Waals surface area contributed by atoms with Gasteiger partial charge in [-0.15, -0.1) is 14.9 Å². The van der Waals surface area contributed by atoms with E-state index < -0.39 is 51.9 Å². The Labute approximate surface area is 348 Å². The summed E-state index contributed by atoms with van der Waals surface area (Å²) in [5.74, 6) is -1.51. The molecule has 22 nitrogen and oxygen atoms in total. The first-order valence-electron chi connectivity index (χ1n) is 14.4. The molecule has 0 bridgehead atoms. The predicted molar refractivity (Wildman–Crippen MR) is 210 cm³/mol. The van der Waals surface area contributed by atoms with Gasteiger partial charge in [0.2, 0.25) is 22.2 Å². The van der Waals surface area contributed by atoms with Gasteiger partial charge in [0.1, 0.15) is 9.79 Å². The summed E-state index contributed by atoms with van der Waals surface area (Å²) in [5, 5.41) is 17.9. The molecule has 0 saturated carbocycles. The summed E-state index contributed by atoms with van der Waals surface area (Å²) in [5.41, 5.74) is 2.61. The van der Waals surface area contributed by atoms with Gasteiger partial charge in [0, 0.05) is 21.2 Å². The molecule has 4 aromatic rings. The number of hydroxylamine groups is 2. The van der Waals surface area contributed by atoms with Gasteiger partial charge in [0.05, 0.1) is 42.5 Å². The molecular weight excluding hydrogens is 884 g/mol. The van der Waals surface area contributed by atoms with Crippen molar-refractivity contribution >= 4 is 92.9 Å². The number of benzene rings is 2. The predicted octanol–water partition coefficient (Wildman–Crippen LogP) is 2.47. The minimum absolute atomic E-state index is 0. The van der Waals surface area contributed by atoms with E-state index in [-0.39, 0.29) is 44.1 Å². The number of aliphatic hydroxyl groups is 1. The number of aliphatic hydroxyl groups excluding tert-OH is 1. The molecule has 57 heavy (non-hydrogen) atoms. The van der Waals surface area contributed by atoms with E-state index in [1.807, 2.05) is 11.7 Å². The summed E-state index contributed by atoms with van der Waals surface area (Å²) < 4.78 is 50.0. The van der Waals surface area contributed by atoms with Crippen LogP contribution in [0, 0.1) is 0 Å². The van der Waals surface area contributed by atoms with Crippen molar-refractivity contribution in [1.29, 1.82) is 0 Å². The number of H-pyrrole nitrogens is 1. The fraction of sp³-hybridized carbons (Fsp3) is 0.310. The zero-order valence-electron chi connectivity index (χ0n) is 30.3. The SMILES string of the molecule is C.CO.COC(=O)NOS(=O)c1c(Cl)cccc1C(=O)OC.COC(=O)c1cccc(Cl)c1S(=O)ONC(=O)n1nc(SC)n(C)c1=O.CSc1n[nH]c(=O)n1C. The number of nitrogens with one attached hydrogen (secondary N) is 3. The molecule has 2 atom stereocenters. The smallest absolute Gasteiger partial charge is 0.432 e. The fourth-order valence-electron chi connectivity index (χ4n) is 3.46. The number of rotatable bonds is 10. The summed E-state index contributed by atoms with van der Waals surface area (Å²) in [6.07, 6.45) is 2.61. The molecule has 0 radical (unpaired) electrons. The highest BCUT2D eigenvalue weighted by Crippen LogP contribution is 2.26. The molecule has 2 aromatic carbocycles. The number of nitrogens with zero attached hydrogens (tertiary/aromatic N) is 5. The monoisotopic (exact) mass is 920 g/mol. The van der Waals surface area contributed by atoms with E-state index in [0.717, 1.165) is 37.7 Å². The topological polar surface area (TPSA) is 283 Å². The maximum Gasteiger partial charge on any atom is 0.432 e. The van der Waals surface area contributed by atoms with E-state index in [1.165, 1.54) is 66.9 Å². The molecule has 0 aliphatic rings. The summed E-state index contributed by atoms with van der Waals surface area (Å²) in [4.78, 5) is 68.3. The van der Waals surface area contributed by atoms with Crippen molar-refractivity contribution in [3.05, 3.63) is 78.5 Å². The molecule has 4 N–H and O–H groups in total. The van der Waals surface area contributed by atoms with Gasteiger partial charge in [0.15, 0.2) is 10.3 Å². The van der Waals surface area contributed by atoms with Crippen molar-refractivity contribution < 1.29 is 55.5 Å². The van der Waals surface area contributed by atoms with Gasteiger partial charge >= 0.3 is 35.4 Å². The number of halogens is 2. The minimum atomic E-state index is -2.35. The molecule has 0 aliphatic carbocycles. The number of hydrogen-bond donors (Lipinski definition) is 4. The second kappa shape index (κ2) is 26.4. The van der Waals surface area contributed by atoms with E-state index in [2.05, 4.69) is 33.8 Å². The zero-order chi connectivity index (χ0) is 42.7. The van der Waals surface area contributed by atoms with Crippen LogP contribution in [0.25, 0.3) is 0 Å². The highest BCUT2D eigenvalue weighted by molar-refractivity contribution is 7.98. The molecule has 0 aliphatic heterocycles. The molecule has 2 aromatic heterocycles. The van der Waals surface area contributed by atoms with Gasteiger partial charge in [0.25, 0.3) is 0 Å². The molecule has 4 rings (SSSR count). The number of aromatic nitrogens is 6. The van der Waals surface area contributed by atoms with Crippen molar-refractivity contribution in [2.24, 2.45) is 14.1 Å². The molecular formula is C29H38Cl2N8O14S4. The van der Waals surface area contributed by atoms with Gasteiger partial charge < -0.3 is 19.3 Å². The molecule has 28 heteroatoms. The highest BCUT2D eigenvalue weighted by Gasteiger charge is 2.24. The molecule has 0 saturated heterocycles. The summed E-state index contributed by atoms with van der Waals surface area (Å²) >= 11 is 9.86. The van der Waals surface area contributed by atoms with Gasteiger partial charge in [-0.25, -0.2) is 42.3 Å². The van der Waals surface area contributed by atoms with Crippen LogP contribution in [0.3, 0.4) is 0 Å². The average Bonchev–Trinajstić information content (AvgIpc) is 3.70. The van der Waals surface area contributed by atoms with Crippen LogP contribution in [0.15, 0.2) is 66.1 Å². The van der Waals surface area contributed by atoms with Crippen molar-refractivity contribution in [3.8, 4) is 0 Å². The van der Waals surface area contributed by atoms with Crippen LogP contribution in [0.4, 0.5) is 9.59 Å². The Kier molecular flexibility index (Phi) is 24.3. The van der Waals surface area contributed by atoms with Crippen molar-refractivity contribution in [3.63, 3.8) is 0 Å². The van der Waals surface area contributed by atoms with Crippen molar-refractivity contribution in [1.82, 2.24) is 40.1 Å². The maximum atomic E-state index is 12.3. The lowest BCUT2D eigenvalue weighted by Crippen LogP contribution is -2.37. The second-order valence-corrected chi connectivity index (χ2v) is 13.6. The van der Waals surface area contributed by atoms with Crippen LogP contribution in [-0.4, -0.2) is 108 Å². The van der Waals surface area contributed by atoms with E-state index >= 15 is 0 Å². The first-order valence-corrected chi connectivity index (χ1v) is 19.8. The van der Waals surface area contributed by atoms with Gasteiger partial charge in [-0.1, -0.05) is 66.3 Å². The lowest BCUT2D eigenvalue weighted by atomic mass is 10.2. The van der Waals surface area contributed by atoms with Crippen LogP contribution < -0.4 is 22.3 Å². The Balaban J connectivity index is 0.000000883. The number of thioether (sulfide) groups is 2. The molecule has 0 spiro atoms. The first-order chi connectivity index (χ1) is 26.6. The molecule has 2 unspecified atom stereocenters. The molecule has 2 heterocycles. The number of ether oxygens (including phenoxy) is 3. The number of hydrogen-bond acceptors (Lipinski definition) is 18. The third-order valence-corrected chi connectivity index (χ3v) is 10.3. The van der Waals surface area contributed by atoms with Crippen LogP contribution in [-0.2, 0) is 59.0 Å². The van der Waals surface area contributed by atoms with Gasteiger partial charge in [-0.05, 0) is 36.8 Å². The van der Waals surface area contributed by atoms with Crippen LogP contribution in [0.2, 0.25) is 10.0 Å². The standard InChI is InChI=1S/C13H13ClN4O6S2.C10H10ClNO6S.C4H7N3OS.CH4O.CH4/c1-17-12(25-3)15-18(13(17)21)11(20)16-24-26(22)9-7(10(19)23-2)5-4-6-8(9)14;1-16-9(13)6-4-3-5-7(11)8(6)19(15)18-12-10(14)17-2;1-7-3(8)5-6-4(7)9-2;1-2;/h4-6H,1-3H3,(H,16,20);3-5H,1-2H3,(H,12,14);1-2H3,(H,5,8);2H,1H3;1H4. The van der Waals surface area contributed by atoms with Gasteiger partial charge in [-0.3, -0.25) is 9.13 Å². The maximum absolute atomic E-state index is 12.3. The Bertz CT molecular complexity index is 2160. The third-order valence-electron chi connectivity index (χ3n) is 6.01. The van der Waals surface area contributed by atoms with Gasteiger partial charge in [-0.2, -0.15) is 19.5 Å². The number of esters is 2. The number of carbonyl (C=O) groups excluding carboxylic acids is 4. The van der Waals surface area contributed by atoms with E-state index in [4.69, 9.17) is 32.6 Å². The van der Waals surface area contributed by atoms with Crippen molar-refractivity contribution in [2.45, 2.75) is 27.5 Å². The largest absolute Gasteiger partial charge is 0.465 e. The quantitative estimate of drug-likeness (QED) is 0.0769. The number of methoxy groups -OCH3 is 3. The lowest BCUT2D eigenvalue weighted by Gasteiger charge is -2.09. The van der Waals surface area contributed by atoms with Crippen molar-refractivity contribution in [2.75, 3.05) is 41.0 Å². The third kappa shape index (κ3) is 14.7. The van der Waals surface area contributed by atoms with Crippen LogP contribution in [0.1, 0.15) is 28.1 Å². The zero-order valence-corrected chi connectivity index (χ0v) is 35.1. The van der Waals surface area contributed by atoms with E-state index in [9.17, 15) is 37.2 Å². The Hall–Kier alpha value is -4.54. The second-order valence-electron chi connectivity index (χ2n) is 9.17. The van der Waals surface area contributed by atoms with Crippen LogP contribution >= 0.6 is 46.7 Å². The molecule has 316 valence electrons. The van der Waals surface area contributed by atoms with E-state index in [1.54, 1.807) is 18.8 Å². The Morgan fingerprint density at radius 2 is 1.23 bits per heavy atom. The average molecular weight is 922 g/mol. The molecule has 0 fully saturated rings. The summed E-state index contributed by atoms with van der Waals surface area (Å²) in [6.45, 7) is 0. The minimum Gasteiger partial charge on any atom is -0.465 e. The summed E-state index contributed by atoms with van der Waals surface area (Å²) in [6, 6.07) is 7.40. The fourth-order valence-corrected chi connectivity index (χ4v) is 6.77. The number of carbonyl (C=O) groups is 4. The first kappa shape index (κ1) is 52.5. The Morgan fingerprint density at radius 1 is 0.772 bits per heavy atom. The molecule has 2 amide bonds. The highest BCUT2D eigenvalue weighted by atomic mass is 35.5. The van der Waals surface area contributed by atoms with E-state index in [0.29, 0.717) is 15.0 Å². The normalized spacial score (nSPS) is 10.9. The number of aromatic amines is 1. The Morgan fingerprint density at radius 3 is 1.58 bits per heavy atom.